The first kappa shape index (κ1) is 16.3. The van der Waals surface area contributed by atoms with Gasteiger partial charge in [-0.2, -0.15) is 0 Å². The zero-order chi connectivity index (χ0) is 15.2. The van der Waals surface area contributed by atoms with Gasteiger partial charge in [0, 0.05) is 27.1 Å². The van der Waals surface area contributed by atoms with Gasteiger partial charge in [0.2, 0.25) is 5.91 Å². The van der Waals surface area contributed by atoms with Crippen molar-refractivity contribution in [2.45, 2.75) is 44.1 Å². The van der Waals surface area contributed by atoms with Crippen LogP contribution in [0.1, 0.15) is 38.5 Å². The van der Waals surface area contributed by atoms with E-state index in [9.17, 15) is 14.4 Å². The van der Waals surface area contributed by atoms with E-state index in [0.29, 0.717) is 12.8 Å². The molecule has 0 aromatic rings. The number of urea groups is 1. The molecule has 0 spiro atoms. The van der Waals surface area contributed by atoms with E-state index in [-0.39, 0.29) is 25.3 Å². The quantitative estimate of drug-likeness (QED) is 0.663. The van der Waals surface area contributed by atoms with Crippen molar-refractivity contribution in [2.24, 2.45) is 0 Å². The Hall–Kier alpha value is -1.79. The molecular formula is C13H23N3O4. The van der Waals surface area contributed by atoms with Gasteiger partial charge in [-0.05, 0) is 12.8 Å². The summed E-state index contributed by atoms with van der Waals surface area (Å²) in [5, 5.41) is 14.3. The molecule has 1 fully saturated rings. The third kappa shape index (κ3) is 5.07. The molecule has 1 saturated carbocycles. The highest BCUT2D eigenvalue weighted by molar-refractivity contribution is 5.79. The van der Waals surface area contributed by atoms with Gasteiger partial charge in [-0.25, -0.2) is 4.79 Å². The van der Waals surface area contributed by atoms with Gasteiger partial charge in [-0.1, -0.05) is 12.8 Å². The molecule has 7 nitrogen and oxygen atoms in total. The molecule has 114 valence electrons. The van der Waals surface area contributed by atoms with Gasteiger partial charge >= 0.3 is 12.0 Å². The molecule has 0 unspecified atom stereocenters. The van der Waals surface area contributed by atoms with Crippen LogP contribution in [0.3, 0.4) is 0 Å². The molecular weight excluding hydrogens is 262 g/mol. The van der Waals surface area contributed by atoms with Crippen molar-refractivity contribution >= 4 is 17.9 Å². The van der Waals surface area contributed by atoms with Crippen LogP contribution in [-0.4, -0.2) is 54.1 Å². The summed E-state index contributed by atoms with van der Waals surface area (Å²) in [6.45, 7) is 0.242. The van der Waals surface area contributed by atoms with Crippen molar-refractivity contribution in [3.63, 3.8) is 0 Å². The van der Waals surface area contributed by atoms with E-state index in [0.717, 1.165) is 12.8 Å². The lowest BCUT2D eigenvalue weighted by Crippen LogP contribution is -2.52. The van der Waals surface area contributed by atoms with Gasteiger partial charge in [-0.3, -0.25) is 9.59 Å². The summed E-state index contributed by atoms with van der Waals surface area (Å²) in [5.41, 5.74) is -0.637. The fraction of sp³-hybridized carbons (Fsp3) is 0.769. The Bertz CT molecular complexity index is 376. The van der Waals surface area contributed by atoms with Crippen LogP contribution in [0.25, 0.3) is 0 Å². The Morgan fingerprint density at radius 2 is 1.80 bits per heavy atom. The minimum absolute atomic E-state index is 0.0585. The topological polar surface area (TPSA) is 98.7 Å². The molecule has 0 heterocycles. The largest absolute Gasteiger partial charge is 0.481 e. The number of nitrogens with zero attached hydrogens (tertiary/aromatic N) is 1. The first-order chi connectivity index (χ1) is 9.34. The Morgan fingerprint density at radius 3 is 2.30 bits per heavy atom. The molecule has 0 radical (unpaired) electrons. The van der Waals surface area contributed by atoms with Crippen molar-refractivity contribution in [3.05, 3.63) is 0 Å². The second-order valence-electron chi connectivity index (χ2n) is 5.48. The molecule has 0 aromatic carbocycles. The van der Waals surface area contributed by atoms with Gasteiger partial charge in [0.05, 0.1) is 12.0 Å². The number of rotatable bonds is 6. The van der Waals surface area contributed by atoms with E-state index in [1.807, 2.05) is 0 Å². The molecule has 0 bridgehead atoms. The van der Waals surface area contributed by atoms with Crippen LogP contribution in [0.5, 0.6) is 0 Å². The summed E-state index contributed by atoms with van der Waals surface area (Å²) in [5.74, 6) is -0.971. The maximum atomic E-state index is 11.8. The monoisotopic (exact) mass is 285 g/mol. The summed E-state index contributed by atoms with van der Waals surface area (Å²) in [4.78, 5) is 35.5. The van der Waals surface area contributed by atoms with E-state index >= 15 is 0 Å². The standard InChI is InChI=1S/C13H23N3O4/c1-16(2)10(17)5-8-14-12(20)15-13(9-11(18)19)6-3-4-7-13/h3-9H2,1-2H3,(H,18,19)(H2,14,15,20). The second-order valence-corrected chi connectivity index (χ2v) is 5.48. The highest BCUT2D eigenvalue weighted by Crippen LogP contribution is 2.32. The highest BCUT2D eigenvalue weighted by atomic mass is 16.4. The number of nitrogens with one attached hydrogen (secondary N) is 2. The molecule has 7 heteroatoms. The second kappa shape index (κ2) is 7.12. The van der Waals surface area contributed by atoms with Crippen LogP contribution in [0, 0.1) is 0 Å². The Balaban J connectivity index is 2.39. The van der Waals surface area contributed by atoms with Crippen LogP contribution in [0.4, 0.5) is 4.79 Å². The van der Waals surface area contributed by atoms with Gasteiger partial charge in [-0.15, -0.1) is 0 Å². The molecule has 0 aromatic heterocycles. The molecule has 0 saturated heterocycles. The van der Waals surface area contributed by atoms with Crippen molar-refractivity contribution in [3.8, 4) is 0 Å². The number of amides is 3. The van der Waals surface area contributed by atoms with Crippen LogP contribution in [-0.2, 0) is 9.59 Å². The third-order valence-electron chi connectivity index (χ3n) is 3.55. The average molecular weight is 285 g/mol. The van der Waals surface area contributed by atoms with E-state index < -0.39 is 17.5 Å². The van der Waals surface area contributed by atoms with Crippen molar-refractivity contribution in [1.82, 2.24) is 15.5 Å². The predicted octanol–water partition coefficient (Wildman–Crippen LogP) is 0.551. The predicted molar refractivity (Wildman–Crippen MR) is 73.3 cm³/mol. The molecule has 3 amide bonds. The summed E-state index contributed by atoms with van der Waals surface area (Å²) in [6, 6.07) is -0.403. The highest BCUT2D eigenvalue weighted by Gasteiger charge is 2.37. The Kier molecular flexibility index (Phi) is 5.79. The lowest BCUT2D eigenvalue weighted by atomic mass is 9.93. The van der Waals surface area contributed by atoms with E-state index in [2.05, 4.69) is 10.6 Å². The van der Waals surface area contributed by atoms with Gasteiger partial charge < -0.3 is 20.6 Å². The molecule has 1 aliphatic rings. The molecule has 0 atom stereocenters. The van der Waals surface area contributed by atoms with Crippen molar-refractivity contribution in [1.29, 1.82) is 0 Å². The SMILES string of the molecule is CN(C)C(=O)CCNC(=O)NC1(CC(=O)O)CCCC1. The minimum atomic E-state index is -0.907. The lowest BCUT2D eigenvalue weighted by Gasteiger charge is -2.28. The molecule has 20 heavy (non-hydrogen) atoms. The summed E-state index contributed by atoms with van der Waals surface area (Å²) < 4.78 is 0. The minimum Gasteiger partial charge on any atom is -0.481 e. The molecule has 0 aliphatic heterocycles. The zero-order valence-electron chi connectivity index (χ0n) is 12.1. The fourth-order valence-corrected chi connectivity index (χ4v) is 2.48. The third-order valence-corrected chi connectivity index (χ3v) is 3.55. The van der Waals surface area contributed by atoms with E-state index in [4.69, 9.17) is 5.11 Å². The number of carboxylic acid groups (broad SMARTS) is 1. The maximum Gasteiger partial charge on any atom is 0.315 e. The van der Waals surface area contributed by atoms with Crippen molar-refractivity contribution in [2.75, 3.05) is 20.6 Å². The van der Waals surface area contributed by atoms with Crippen LogP contribution in [0.15, 0.2) is 0 Å². The van der Waals surface area contributed by atoms with Crippen LogP contribution < -0.4 is 10.6 Å². The normalized spacial score (nSPS) is 16.5. The first-order valence-corrected chi connectivity index (χ1v) is 6.83. The van der Waals surface area contributed by atoms with E-state index in [1.165, 1.54) is 4.90 Å². The summed E-state index contributed by atoms with van der Waals surface area (Å²) >= 11 is 0. The fourth-order valence-electron chi connectivity index (χ4n) is 2.48. The molecule has 1 aliphatic carbocycles. The van der Waals surface area contributed by atoms with Crippen LogP contribution in [0.2, 0.25) is 0 Å². The summed E-state index contributed by atoms with van der Waals surface area (Å²) in [6.07, 6.45) is 3.38. The van der Waals surface area contributed by atoms with E-state index in [1.54, 1.807) is 14.1 Å². The smallest absolute Gasteiger partial charge is 0.315 e. The number of carboxylic acids is 1. The van der Waals surface area contributed by atoms with Gasteiger partial charge in [0.1, 0.15) is 0 Å². The molecule has 1 rings (SSSR count). The number of aliphatic carboxylic acids is 1. The average Bonchev–Trinajstić information content (AvgIpc) is 2.75. The number of carbonyl (C=O) groups is 3. The lowest BCUT2D eigenvalue weighted by molar-refractivity contribution is -0.138. The van der Waals surface area contributed by atoms with Crippen LogP contribution >= 0.6 is 0 Å². The summed E-state index contributed by atoms with van der Waals surface area (Å²) in [7, 11) is 3.31. The van der Waals surface area contributed by atoms with Gasteiger partial charge in [0.25, 0.3) is 0 Å². The Morgan fingerprint density at radius 1 is 1.20 bits per heavy atom. The zero-order valence-corrected chi connectivity index (χ0v) is 12.1. The number of hydrogen-bond acceptors (Lipinski definition) is 3. The number of hydrogen-bond donors (Lipinski definition) is 3. The van der Waals surface area contributed by atoms with Crippen molar-refractivity contribution < 1.29 is 19.5 Å². The maximum absolute atomic E-state index is 11.8. The Labute approximate surface area is 118 Å². The van der Waals surface area contributed by atoms with Gasteiger partial charge in [0.15, 0.2) is 0 Å². The number of carbonyl (C=O) groups excluding carboxylic acids is 2. The first-order valence-electron chi connectivity index (χ1n) is 6.83. The molecule has 3 N–H and O–H groups in total.